The van der Waals surface area contributed by atoms with Gasteiger partial charge < -0.3 is 14.6 Å². The molecule has 2 atom stereocenters. The lowest BCUT2D eigenvalue weighted by molar-refractivity contribution is -0.0498. The molecule has 0 amide bonds. The average molecular weight is 462 g/mol. The van der Waals surface area contributed by atoms with E-state index in [-0.39, 0.29) is 35.1 Å². The van der Waals surface area contributed by atoms with Crippen LogP contribution in [0.5, 0.6) is 11.6 Å². The monoisotopic (exact) mass is 461 g/mol. The first-order chi connectivity index (χ1) is 14.0. The van der Waals surface area contributed by atoms with Gasteiger partial charge in [0.05, 0.1) is 10.6 Å². The number of aliphatic hydroxyl groups is 1. The minimum absolute atomic E-state index is 0.0123. The first kappa shape index (κ1) is 24.6. The van der Waals surface area contributed by atoms with Crippen LogP contribution in [0.4, 0.5) is 8.78 Å². The number of aromatic nitrogens is 1. The molecule has 0 aliphatic heterocycles. The van der Waals surface area contributed by atoms with Crippen molar-refractivity contribution >= 4 is 23.2 Å². The third kappa shape index (κ3) is 7.56. The topological polar surface area (TPSA) is 51.6 Å². The second-order valence-corrected chi connectivity index (χ2v) is 8.92. The summed E-state index contributed by atoms with van der Waals surface area (Å²) in [5.74, 6) is 0.588. The Bertz CT molecular complexity index is 844. The van der Waals surface area contributed by atoms with Gasteiger partial charge in [-0.25, -0.2) is 4.98 Å². The van der Waals surface area contributed by atoms with E-state index in [4.69, 9.17) is 27.9 Å². The Labute approximate surface area is 186 Å². The van der Waals surface area contributed by atoms with Crippen molar-refractivity contribution in [3.63, 3.8) is 0 Å². The zero-order valence-corrected chi connectivity index (χ0v) is 19.0. The van der Waals surface area contributed by atoms with Crippen LogP contribution in [0.3, 0.4) is 0 Å². The zero-order valence-electron chi connectivity index (χ0n) is 17.5. The summed E-state index contributed by atoms with van der Waals surface area (Å²) in [7, 11) is 0. The van der Waals surface area contributed by atoms with Crippen LogP contribution in [-0.4, -0.2) is 28.9 Å². The summed E-state index contributed by atoms with van der Waals surface area (Å²) in [6.45, 7) is 4.56. The van der Waals surface area contributed by atoms with Gasteiger partial charge in [0.25, 0.3) is 0 Å². The molecule has 2 rings (SSSR count). The van der Waals surface area contributed by atoms with Crippen LogP contribution in [0, 0.1) is 0 Å². The second kappa shape index (κ2) is 10.6. The molecule has 166 valence electrons. The van der Waals surface area contributed by atoms with Gasteiger partial charge in [-0.05, 0) is 67.9 Å². The molecule has 4 nitrogen and oxygen atoms in total. The van der Waals surface area contributed by atoms with Crippen LogP contribution in [0.25, 0.3) is 0 Å². The van der Waals surface area contributed by atoms with Crippen LogP contribution < -0.4 is 9.47 Å². The number of nitrogens with zero attached hydrogens (tertiary/aromatic N) is 1. The number of benzene rings is 1. The first-order valence-corrected chi connectivity index (χ1v) is 10.5. The summed E-state index contributed by atoms with van der Waals surface area (Å²) in [5.41, 5.74) is 0.879. The van der Waals surface area contributed by atoms with Gasteiger partial charge in [0.1, 0.15) is 17.4 Å². The summed E-state index contributed by atoms with van der Waals surface area (Å²) < 4.78 is 35.0. The number of hydrogen-bond acceptors (Lipinski definition) is 4. The Morgan fingerprint density at radius 1 is 1.03 bits per heavy atom. The van der Waals surface area contributed by atoms with E-state index in [0.29, 0.717) is 5.02 Å². The predicted molar refractivity (Wildman–Crippen MR) is 115 cm³/mol. The summed E-state index contributed by atoms with van der Waals surface area (Å²) in [6.07, 6.45) is 3.39. The highest BCUT2D eigenvalue weighted by atomic mass is 35.5. The van der Waals surface area contributed by atoms with Gasteiger partial charge in [-0.15, -0.1) is 0 Å². The van der Waals surface area contributed by atoms with Crippen molar-refractivity contribution in [1.29, 1.82) is 0 Å². The maximum absolute atomic E-state index is 12.5. The van der Waals surface area contributed by atoms with E-state index in [9.17, 15) is 13.9 Å². The fourth-order valence-electron chi connectivity index (χ4n) is 2.91. The highest BCUT2D eigenvalue weighted by Crippen LogP contribution is 2.34. The molecule has 30 heavy (non-hydrogen) atoms. The van der Waals surface area contributed by atoms with Crippen molar-refractivity contribution in [2.75, 3.05) is 6.61 Å². The molecule has 8 heteroatoms. The normalized spacial score (nSPS) is 13.9. The van der Waals surface area contributed by atoms with E-state index in [0.717, 1.165) is 24.0 Å². The van der Waals surface area contributed by atoms with Crippen LogP contribution >= 0.6 is 23.2 Å². The van der Waals surface area contributed by atoms with Gasteiger partial charge in [-0.2, -0.15) is 8.78 Å². The van der Waals surface area contributed by atoms with Crippen molar-refractivity contribution in [3.05, 3.63) is 51.6 Å². The zero-order chi connectivity index (χ0) is 22.5. The molecule has 0 fully saturated rings. The Balaban J connectivity index is 1.98. The Morgan fingerprint density at radius 3 is 2.23 bits per heavy atom. The molecule has 0 saturated heterocycles. The SMILES string of the molecule is CC(CCC(C)c1ccc(Cl)c(OC(F)F)c1)c1cnc(OCC(C)(C)O)c(Cl)c1. The van der Waals surface area contributed by atoms with Crippen molar-refractivity contribution in [2.45, 2.75) is 64.6 Å². The minimum Gasteiger partial charge on any atom is -0.474 e. The van der Waals surface area contributed by atoms with E-state index >= 15 is 0 Å². The number of ether oxygens (including phenoxy) is 2. The molecule has 0 aliphatic carbocycles. The van der Waals surface area contributed by atoms with Crippen LogP contribution in [0.15, 0.2) is 30.5 Å². The third-order valence-electron chi connectivity index (χ3n) is 4.73. The second-order valence-electron chi connectivity index (χ2n) is 8.10. The molecule has 2 unspecified atom stereocenters. The fourth-order valence-corrected chi connectivity index (χ4v) is 3.30. The van der Waals surface area contributed by atoms with E-state index in [1.54, 1.807) is 32.2 Å². The summed E-state index contributed by atoms with van der Waals surface area (Å²) in [6, 6.07) is 6.78. The summed E-state index contributed by atoms with van der Waals surface area (Å²) in [5, 5.41) is 10.3. The number of alkyl halides is 2. The van der Waals surface area contributed by atoms with E-state index in [1.165, 1.54) is 0 Å². The van der Waals surface area contributed by atoms with Crippen molar-refractivity contribution in [3.8, 4) is 11.6 Å². The maximum Gasteiger partial charge on any atom is 0.387 e. The Kier molecular flexibility index (Phi) is 8.71. The molecule has 0 aliphatic rings. The molecule has 1 aromatic carbocycles. The van der Waals surface area contributed by atoms with Gasteiger partial charge >= 0.3 is 6.61 Å². The predicted octanol–water partition coefficient (Wildman–Crippen LogP) is 6.83. The van der Waals surface area contributed by atoms with Crippen molar-refractivity contribution in [2.24, 2.45) is 0 Å². The molecular weight excluding hydrogens is 435 g/mol. The van der Waals surface area contributed by atoms with Gasteiger partial charge in [-0.3, -0.25) is 0 Å². The van der Waals surface area contributed by atoms with Crippen LogP contribution in [0.2, 0.25) is 10.0 Å². The number of halogens is 4. The molecule has 0 radical (unpaired) electrons. The van der Waals surface area contributed by atoms with E-state index < -0.39 is 12.2 Å². The van der Waals surface area contributed by atoms with Crippen molar-refractivity contribution in [1.82, 2.24) is 4.98 Å². The molecule has 2 aromatic rings. The average Bonchev–Trinajstić information content (AvgIpc) is 2.65. The molecule has 0 spiro atoms. The van der Waals surface area contributed by atoms with Crippen LogP contribution in [0.1, 0.15) is 63.5 Å². The van der Waals surface area contributed by atoms with Crippen molar-refractivity contribution < 1.29 is 23.4 Å². The minimum atomic E-state index is -2.92. The lowest BCUT2D eigenvalue weighted by Crippen LogP contribution is -2.28. The highest BCUT2D eigenvalue weighted by Gasteiger charge is 2.18. The summed E-state index contributed by atoms with van der Waals surface area (Å²) >= 11 is 12.2. The molecule has 1 heterocycles. The standard InChI is InChI=1S/C22H27Cl2F2NO3/c1-13(15-7-8-17(23)19(10-15)30-21(25)26)5-6-14(2)16-9-18(24)20(27-11-16)29-12-22(3,4)28/h7-11,13-14,21,28H,5-6,12H2,1-4H3. The Hall–Kier alpha value is -1.63. The van der Waals surface area contributed by atoms with Gasteiger partial charge in [-0.1, -0.05) is 43.1 Å². The first-order valence-electron chi connectivity index (χ1n) is 9.71. The molecule has 0 bridgehead atoms. The number of pyridine rings is 1. The third-order valence-corrected chi connectivity index (χ3v) is 5.32. The largest absolute Gasteiger partial charge is 0.474 e. The lowest BCUT2D eigenvalue weighted by atomic mass is 9.90. The number of rotatable bonds is 10. The quantitative estimate of drug-likeness (QED) is 0.421. The lowest BCUT2D eigenvalue weighted by Gasteiger charge is -2.19. The smallest absolute Gasteiger partial charge is 0.387 e. The highest BCUT2D eigenvalue weighted by molar-refractivity contribution is 6.32. The molecule has 1 aromatic heterocycles. The molecular formula is C22H27Cl2F2NO3. The van der Waals surface area contributed by atoms with Gasteiger partial charge in [0.2, 0.25) is 5.88 Å². The Morgan fingerprint density at radius 2 is 1.67 bits per heavy atom. The number of hydrogen-bond donors (Lipinski definition) is 1. The van der Waals surface area contributed by atoms with E-state index in [2.05, 4.69) is 16.6 Å². The molecule has 0 saturated carbocycles. The van der Waals surface area contributed by atoms with Crippen LogP contribution in [-0.2, 0) is 0 Å². The van der Waals surface area contributed by atoms with E-state index in [1.807, 2.05) is 19.1 Å². The fraction of sp³-hybridized carbons (Fsp3) is 0.500. The van der Waals surface area contributed by atoms with Gasteiger partial charge in [0.15, 0.2) is 0 Å². The maximum atomic E-state index is 12.5. The van der Waals surface area contributed by atoms with Gasteiger partial charge in [0, 0.05) is 6.20 Å². The molecule has 1 N–H and O–H groups in total. The summed E-state index contributed by atoms with van der Waals surface area (Å²) in [4.78, 5) is 4.27.